The molecule has 2 aromatic rings. The molecule has 0 unspecified atom stereocenters. The van der Waals surface area contributed by atoms with Crippen LogP contribution in [0, 0.1) is 5.92 Å². The molecule has 5 heteroatoms. The fraction of sp³-hybridized carbons (Fsp3) is 0.381. The van der Waals surface area contributed by atoms with E-state index in [1.165, 1.54) is 5.56 Å². The second-order valence-corrected chi connectivity index (χ2v) is 7.65. The second kappa shape index (κ2) is 8.90. The molecule has 0 spiro atoms. The summed E-state index contributed by atoms with van der Waals surface area (Å²) in [7, 11) is 0. The van der Waals surface area contributed by atoms with E-state index < -0.39 is 0 Å². The van der Waals surface area contributed by atoms with Crippen LogP contribution in [0.3, 0.4) is 0 Å². The Labute approximate surface area is 165 Å². The summed E-state index contributed by atoms with van der Waals surface area (Å²) < 4.78 is 0. The molecule has 1 N–H and O–H groups in total. The third-order valence-corrected chi connectivity index (χ3v) is 5.53. The minimum atomic E-state index is -0.000243. The van der Waals surface area contributed by atoms with Gasteiger partial charge in [-0.2, -0.15) is 0 Å². The summed E-state index contributed by atoms with van der Waals surface area (Å²) in [6.45, 7) is 4.57. The molecule has 2 aromatic carbocycles. The lowest BCUT2D eigenvalue weighted by Crippen LogP contribution is -2.40. The lowest BCUT2D eigenvalue weighted by molar-refractivity contribution is -0.121. The summed E-state index contributed by atoms with van der Waals surface area (Å²) in [4.78, 5) is 15.1. The van der Waals surface area contributed by atoms with Crippen molar-refractivity contribution in [3.63, 3.8) is 0 Å². The first-order valence-electron chi connectivity index (χ1n) is 9.12. The molecule has 138 valence electrons. The van der Waals surface area contributed by atoms with E-state index in [-0.39, 0.29) is 11.8 Å². The van der Waals surface area contributed by atoms with Crippen LogP contribution in [-0.2, 0) is 17.8 Å². The summed E-state index contributed by atoms with van der Waals surface area (Å²) in [6.07, 6.45) is 2.84. The maximum absolute atomic E-state index is 12.8. The van der Waals surface area contributed by atoms with Crippen molar-refractivity contribution in [1.82, 2.24) is 4.90 Å². The zero-order valence-electron chi connectivity index (χ0n) is 15.0. The molecular formula is C21H24Cl2N2O. The molecule has 0 radical (unpaired) electrons. The minimum absolute atomic E-state index is 0.000243. The highest BCUT2D eigenvalue weighted by Gasteiger charge is 2.26. The van der Waals surface area contributed by atoms with Crippen molar-refractivity contribution in [2.24, 2.45) is 5.92 Å². The highest BCUT2D eigenvalue weighted by atomic mass is 35.5. The Balaban J connectivity index is 1.63. The van der Waals surface area contributed by atoms with Gasteiger partial charge in [-0.05, 0) is 55.1 Å². The molecule has 0 bridgehead atoms. The van der Waals surface area contributed by atoms with E-state index >= 15 is 0 Å². The number of likely N-dealkylation sites (tertiary alicyclic amines) is 1. The summed E-state index contributed by atoms with van der Waals surface area (Å²) in [5.74, 6) is 0.109. The highest BCUT2D eigenvalue weighted by Crippen LogP contribution is 2.26. The number of para-hydroxylation sites is 1. The van der Waals surface area contributed by atoms with Gasteiger partial charge in [-0.25, -0.2) is 0 Å². The zero-order chi connectivity index (χ0) is 18.5. The molecule has 0 aromatic heterocycles. The van der Waals surface area contributed by atoms with E-state index in [9.17, 15) is 4.79 Å². The maximum atomic E-state index is 12.8. The van der Waals surface area contributed by atoms with E-state index in [4.69, 9.17) is 23.2 Å². The Morgan fingerprint density at radius 1 is 1.19 bits per heavy atom. The predicted octanol–water partition coefficient (Wildman–Crippen LogP) is 5.41. The first-order chi connectivity index (χ1) is 12.6. The quantitative estimate of drug-likeness (QED) is 0.740. The largest absolute Gasteiger partial charge is 0.326 e. The summed E-state index contributed by atoms with van der Waals surface area (Å²) >= 11 is 12.3. The molecular weight excluding hydrogens is 367 g/mol. The van der Waals surface area contributed by atoms with Crippen molar-refractivity contribution in [3.05, 3.63) is 63.6 Å². The van der Waals surface area contributed by atoms with E-state index in [0.29, 0.717) is 10.0 Å². The molecule has 3 rings (SSSR count). The lowest BCUT2D eigenvalue weighted by Gasteiger charge is -2.32. The van der Waals surface area contributed by atoms with Gasteiger partial charge in [0.15, 0.2) is 0 Å². The van der Waals surface area contributed by atoms with E-state index in [1.54, 1.807) is 6.07 Å². The number of nitrogens with zero attached hydrogens (tertiary/aromatic N) is 1. The van der Waals surface area contributed by atoms with Crippen LogP contribution in [0.1, 0.15) is 30.9 Å². The van der Waals surface area contributed by atoms with Gasteiger partial charge in [0.05, 0.1) is 5.92 Å². The van der Waals surface area contributed by atoms with Gasteiger partial charge in [0, 0.05) is 28.8 Å². The van der Waals surface area contributed by atoms with Crippen molar-refractivity contribution >= 4 is 34.8 Å². The van der Waals surface area contributed by atoms with Gasteiger partial charge in [0.2, 0.25) is 5.91 Å². The first kappa shape index (κ1) is 19.2. The van der Waals surface area contributed by atoms with Crippen LogP contribution in [0.15, 0.2) is 42.5 Å². The van der Waals surface area contributed by atoms with Crippen LogP contribution in [0.4, 0.5) is 5.69 Å². The smallest absolute Gasteiger partial charge is 0.228 e. The first-order valence-corrected chi connectivity index (χ1v) is 9.87. The molecule has 0 aliphatic carbocycles. The molecule has 1 atom stereocenters. The number of amides is 1. The normalized spacial score (nSPS) is 17.9. The minimum Gasteiger partial charge on any atom is -0.326 e. The Kier molecular flexibility index (Phi) is 6.58. The molecule has 26 heavy (non-hydrogen) atoms. The Morgan fingerprint density at radius 3 is 2.77 bits per heavy atom. The number of rotatable bonds is 5. The number of carbonyl (C=O) groups is 1. The van der Waals surface area contributed by atoms with Crippen LogP contribution in [0.2, 0.25) is 10.0 Å². The number of halogens is 2. The summed E-state index contributed by atoms with van der Waals surface area (Å²) in [5.41, 5.74) is 3.15. The number of piperidine rings is 1. The summed E-state index contributed by atoms with van der Waals surface area (Å²) in [5, 5.41) is 4.45. The average Bonchev–Trinajstić information content (AvgIpc) is 2.65. The molecule has 3 nitrogen and oxygen atoms in total. The fourth-order valence-corrected chi connectivity index (χ4v) is 3.96. The monoisotopic (exact) mass is 390 g/mol. The lowest BCUT2D eigenvalue weighted by atomic mass is 9.96. The van der Waals surface area contributed by atoms with Gasteiger partial charge in [0.25, 0.3) is 0 Å². The van der Waals surface area contributed by atoms with Crippen LogP contribution >= 0.6 is 23.2 Å². The van der Waals surface area contributed by atoms with Gasteiger partial charge in [-0.15, -0.1) is 0 Å². The maximum Gasteiger partial charge on any atom is 0.228 e. The Morgan fingerprint density at radius 2 is 2.00 bits per heavy atom. The van der Waals surface area contributed by atoms with Crippen molar-refractivity contribution < 1.29 is 4.79 Å². The van der Waals surface area contributed by atoms with Crippen LogP contribution in [-0.4, -0.2) is 23.9 Å². The second-order valence-electron chi connectivity index (χ2n) is 6.81. The SMILES string of the molecule is CCc1ccccc1NC(=O)[C@@H]1CCCN(Cc2ccc(Cl)cc2Cl)C1. The van der Waals surface area contributed by atoms with Crippen LogP contribution < -0.4 is 5.32 Å². The Hall–Kier alpha value is -1.55. The van der Waals surface area contributed by atoms with E-state index in [1.807, 2.05) is 30.3 Å². The van der Waals surface area contributed by atoms with Gasteiger partial charge < -0.3 is 5.32 Å². The molecule has 1 aliphatic rings. The average molecular weight is 391 g/mol. The van der Waals surface area contributed by atoms with Crippen LogP contribution in [0.25, 0.3) is 0 Å². The number of anilines is 1. The fourth-order valence-electron chi connectivity index (χ4n) is 3.49. The van der Waals surface area contributed by atoms with E-state index in [2.05, 4.69) is 23.2 Å². The van der Waals surface area contributed by atoms with Crippen molar-refractivity contribution in [2.45, 2.75) is 32.7 Å². The number of aryl methyl sites for hydroxylation is 1. The Bertz CT molecular complexity index is 778. The zero-order valence-corrected chi connectivity index (χ0v) is 16.5. The molecule has 1 fully saturated rings. The number of hydrogen-bond acceptors (Lipinski definition) is 2. The van der Waals surface area contributed by atoms with Crippen molar-refractivity contribution in [3.8, 4) is 0 Å². The molecule has 1 heterocycles. The van der Waals surface area contributed by atoms with Gasteiger partial charge in [-0.3, -0.25) is 9.69 Å². The van der Waals surface area contributed by atoms with Gasteiger partial charge >= 0.3 is 0 Å². The molecule has 1 amide bonds. The van der Waals surface area contributed by atoms with E-state index in [0.717, 1.165) is 50.1 Å². The topological polar surface area (TPSA) is 32.3 Å². The van der Waals surface area contributed by atoms with Crippen molar-refractivity contribution in [1.29, 1.82) is 0 Å². The standard InChI is InChI=1S/C21H24Cl2N2O/c1-2-15-6-3-4-8-20(15)24-21(26)17-7-5-11-25(14-17)13-16-9-10-18(22)12-19(16)23/h3-4,6,8-10,12,17H,2,5,7,11,13-14H2,1H3,(H,24,26)/t17-/m1/s1. The molecule has 1 aliphatic heterocycles. The predicted molar refractivity (Wildman–Crippen MR) is 109 cm³/mol. The molecule has 0 saturated carbocycles. The third-order valence-electron chi connectivity index (χ3n) is 4.94. The van der Waals surface area contributed by atoms with Gasteiger partial charge in [-0.1, -0.05) is 54.4 Å². The highest BCUT2D eigenvalue weighted by molar-refractivity contribution is 6.35. The third kappa shape index (κ3) is 4.79. The molecule has 1 saturated heterocycles. The van der Waals surface area contributed by atoms with Crippen LogP contribution in [0.5, 0.6) is 0 Å². The van der Waals surface area contributed by atoms with Crippen molar-refractivity contribution in [2.75, 3.05) is 18.4 Å². The number of hydrogen-bond donors (Lipinski definition) is 1. The number of carbonyl (C=O) groups excluding carboxylic acids is 1. The number of nitrogens with one attached hydrogen (secondary N) is 1. The summed E-state index contributed by atoms with van der Waals surface area (Å²) in [6, 6.07) is 13.6. The number of benzene rings is 2. The van der Waals surface area contributed by atoms with Gasteiger partial charge in [0.1, 0.15) is 0 Å².